The molecule has 2 rings (SSSR count). The molecule has 17 heavy (non-hydrogen) atoms. The minimum atomic E-state index is -1.02. The summed E-state index contributed by atoms with van der Waals surface area (Å²) in [6.07, 6.45) is 0.837. The van der Waals surface area contributed by atoms with E-state index in [2.05, 4.69) is 4.98 Å². The van der Waals surface area contributed by atoms with E-state index < -0.39 is 5.97 Å². The number of hydrogen-bond acceptors (Lipinski definition) is 4. The number of nitrogens with zero attached hydrogens (tertiary/aromatic N) is 2. The molecule has 1 fully saturated rings. The van der Waals surface area contributed by atoms with Crippen LogP contribution in [0.4, 0.5) is 5.82 Å². The molecule has 1 aliphatic rings. The van der Waals surface area contributed by atoms with Crippen LogP contribution in [0, 0.1) is 5.92 Å². The molecule has 92 valence electrons. The van der Waals surface area contributed by atoms with E-state index in [0.29, 0.717) is 18.9 Å². The van der Waals surface area contributed by atoms with Crippen molar-refractivity contribution in [3.05, 3.63) is 22.8 Å². The van der Waals surface area contributed by atoms with Crippen LogP contribution in [0.15, 0.2) is 12.1 Å². The van der Waals surface area contributed by atoms with Crippen molar-refractivity contribution in [2.45, 2.75) is 6.42 Å². The maximum atomic E-state index is 11.1. The second-order valence-electron chi connectivity index (χ2n) is 4.09. The SMILES string of the molecule is O=C(O)c1ccc(Cl)nc1N1CCC(CO)C1. The van der Waals surface area contributed by atoms with Crippen molar-refractivity contribution in [2.24, 2.45) is 5.92 Å². The van der Waals surface area contributed by atoms with Crippen molar-refractivity contribution < 1.29 is 15.0 Å². The number of aliphatic hydroxyl groups excluding tert-OH is 1. The Balaban J connectivity index is 2.31. The number of carboxylic acid groups (broad SMARTS) is 1. The first-order chi connectivity index (χ1) is 8.11. The summed E-state index contributed by atoms with van der Waals surface area (Å²) in [4.78, 5) is 17.0. The number of anilines is 1. The first-order valence-electron chi connectivity index (χ1n) is 5.37. The molecule has 1 saturated heterocycles. The summed E-state index contributed by atoms with van der Waals surface area (Å²) in [5.41, 5.74) is 0.146. The van der Waals surface area contributed by atoms with E-state index in [4.69, 9.17) is 21.8 Å². The summed E-state index contributed by atoms with van der Waals surface area (Å²) < 4.78 is 0. The number of carbonyl (C=O) groups is 1. The van der Waals surface area contributed by atoms with Gasteiger partial charge in [0.25, 0.3) is 0 Å². The third kappa shape index (κ3) is 2.50. The third-order valence-corrected chi connectivity index (χ3v) is 3.13. The van der Waals surface area contributed by atoms with Crippen molar-refractivity contribution in [3.63, 3.8) is 0 Å². The molecule has 2 N–H and O–H groups in total. The van der Waals surface area contributed by atoms with Gasteiger partial charge in [0.2, 0.25) is 0 Å². The first kappa shape index (κ1) is 12.1. The van der Waals surface area contributed by atoms with E-state index in [9.17, 15) is 4.79 Å². The van der Waals surface area contributed by atoms with Crippen molar-refractivity contribution >= 4 is 23.4 Å². The highest BCUT2D eigenvalue weighted by atomic mass is 35.5. The van der Waals surface area contributed by atoms with E-state index in [0.717, 1.165) is 6.42 Å². The van der Waals surface area contributed by atoms with Gasteiger partial charge < -0.3 is 15.1 Å². The summed E-state index contributed by atoms with van der Waals surface area (Å²) in [6, 6.07) is 2.92. The van der Waals surface area contributed by atoms with E-state index >= 15 is 0 Å². The van der Waals surface area contributed by atoms with Crippen molar-refractivity contribution in [2.75, 3.05) is 24.6 Å². The normalized spacial score (nSPS) is 19.6. The highest BCUT2D eigenvalue weighted by Crippen LogP contribution is 2.26. The zero-order chi connectivity index (χ0) is 12.4. The van der Waals surface area contributed by atoms with Crippen LogP contribution in [0.1, 0.15) is 16.8 Å². The van der Waals surface area contributed by atoms with E-state index in [1.807, 2.05) is 4.90 Å². The predicted molar refractivity (Wildman–Crippen MR) is 63.6 cm³/mol. The summed E-state index contributed by atoms with van der Waals surface area (Å²) in [5, 5.41) is 18.4. The lowest BCUT2D eigenvalue weighted by atomic mass is 10.1. The van der Waals surface area contributed by atoms with Gasteiger partial charge in [-0.25, -0.2) is 9.78 Å². The Morgan fingerprint density at radius 3 is 2.94 bits per heavy atom. The maximum absolute atomic E-state index is 11.1. The smallest absolute Gasteiger partial charge is 0.339 e. The fourth-order valence-electron chi connectivity index (χ4n) is 2.01. The standard InChI is InChI=1S/C11H13ClN2O3/c12-9-2-1-8(11(16)17)10(13-9)14-4-3-7(5-14)6-15/h1-2,7,15H,3-6H2,(H,16,17). The van der Waals surface area contributed by atoms with Gasteiger partial charge in [0, 0.05) is 25.6 Å². The maximum Gasteiger partial charge on any atom is 0.339 e. The van der Waals surface area contributed by atoms with Gasteiger partial charge in [0.1, 0.15) is 16.5 Å². The minimum Gasteiger partial charge on any atom is -0.478 e. The topological polar surface area (TPSA) is 73.7 Å². The average Bonchev–Trinajstić information content (AvgIpc) is 2.76. The molecule has 0 bridgehead atoms. The number of pyridine rings is 1. The Kier molecular flexibility index (Phi) is 3.49. The van der Waals surface area contributed by atoms with Gasteiger partial charge in [-0.05, 0) is 18.6 Å². The minimum absolute atomic E-state index is 0.111. The molecule has 0 radical (unpaired) electrons. The first-order valence-corrected chi connectivity index (χ1v) is 5.75. The fraction of sp³-hybridized carbons (Fsp3) is 0.455. The predicted octanol–water partition coefficient (Wildman–Crippen LogP) is 1.25. The van der Waals surface area contributed by atoms with Gasteiger partial charge in [-0.15, -0.1) is 0 Å². The van der Waals surface area contributed by atoms with Crippen LogP contribution >= 0.6 is 11.6 Å². The molecule has 6 heteroatoms. The molecule has 1 aromatic rings. The van der Waals surface area contributed by atoms with Gasteiger partial charge in [-0.1, -0.05) is 11.6 Å². The highest BCUT2D eigenvalue weighted by molar-refractivity contribution is 6.29. The zero-order valence-electron chi connectivity index (χ0n) is 9.14. The Morgan fingerprint density at radius 2 is 2.35 bits per heavy atom. The molecular weight excluding hydrogens is 244 g/mol. The van der Waals surface area contributed by atoms with Crippen LogP contribution in [0.2, 0.25) is 5.15 Å². The molecular formula is C11H13ClN2O3. The second kappa shape index (κ2) is 4.89. The summed E-state index contributed by atoms with van der Waals surface area (Å²) in [6.45, 7) is 1.42. The number of halogens is 1. The van der Waals surface area contributed by atoms with E-state index in [1.165, 1.54) is 12.1 Å². The Hall–Kier alpha value is -1.33. The van der Waals surface area contributed by atoms with Crippen LogP contribution in [0.3, 0.4) is 0 Å². The summed E-state index contributed by atoms with van der Waals surface area (Å²) >= 11 is 5.79. The van der Waals surface area contributed by atoms with Crippen LogP contribution in [-0.2, 0) is 0 Å². The van der Waals surface area contributed by atoms with E-state index in [-0.39, 0.29) is 23.2 Å². The monoisotopic (exact) mass is 256 g/mol. The van der Waals surface area contributed by atoms with Gasteiger partial charge in [-0.2, -0.15) is 0 Å². The van der Waals surface area contributed by atoms with Crippen LogP contribution in [0.25, 0.3) is 0 Å². The zero-order valence-corrected chi connectivity index (χ0v) is 9.89. The Labute approximate surface area is 104 Å². The fourth-order valence-corrected chi connectivity index (χ4v) is 2.15. The lowest BCUT2D eigenvalue weighted by Crippen LogP contribution is -2.24. The molecule has 0 spiro atoms. The lowest BCUT2D eigenvalue weighted by Gasteiger charge is -2.19. The van der Waals surface area contributed by atoms with Crippen LogP contribution in [0.5, 0.6) is 0 Å². The third-order valence-electron chi connectivity index (χ3n) is 2.92. The molecule has 1 unspecified atom stereocenters. The molecule has 0 amide bonds. The second-order valence-corrected chi connectivity index (χ2v) is 4.48. The summed E-state index contributed by atoms with van der Waals surface area (Å²) in [5.74, 6) is -0.449. The lowest BCUT2D eigenvalue weighted by molar-refractivity contribution is 0.0697. The van der Waals surface area contributed by atoms with Gasteiger partial charge >= 0.3 is 5.97 Å². The molecule has 1 aliphatic heterocycles. The van der Waals surface area contributed by atoms with Gasteiger partial charge in [-0.3, -0.25) is 0 Å². The number of aromatic carboxylic acids is 1. The number of hydrogen-bond donors (Lipinski definition) is 2. The molecule has 0 saturated carbocycles. The molecule has 1 aromatic heterocycles. The number of aromatic nitrogens is 1. The molecule has 0 aromatic carbocycles. The van der Waals surface area contributed by atoms with Gasteiger partial charge in [0.05, 0.1) is 0 Å². The quantitative estimate of drug-likeness (QED) is 0.797. The van der Waals surface area contributed by atoms with Crippen LogP contribution in [-0.4, -0.2) is 40.9 Å². The number of rotatable bonds is 3. The Morgan fingerprint density at radius 1 is 1.59 bits per heavy atom. The largest absolute Gasteiger partial charge is 0.478 e. The molecule has 5 nitrogen and oxygen atoms in total. The number of aliphatic hydroxyl groups is 1. The van der Waals surface area contributed by atoms with Crippen molar-refractivity contribution in [3.8, 4) is 0 Å². The Bertz CT molecular complexity index is 439. The highest BCUT2D eigenvalue weighted by Gasteiger charge is 2.26. The van der Waals surface area contributed by atoms with Crippen molar-refractivity contribution in [1.82, 2.24) is 4.98 Å². The van der Waals surface area contributed by atoms with Gasteiger partial charge in [0.15, 0.2) is 0 Å². The van der Waals surface area contributed by atoms with Crippen LogP contribution < -0.4 is 4.90 Å². The molecule has 1 atom stereocenters. The molecule has 0 aliphatic carbocycles. The average molecular weight is 257 g/mol. The number of carboxylic acids is 1. The van der Waals surface area contributed by atoms with Crippen molar-refractivity contribution in [1.29, 1.82) is 0 Å². The molecule has 2 heterocycles. The summed E-state index contributed by atoms with van der Waals surface area (Å²) in [7, 11) is 0. The van der Waals surface area contributed by atoms with E-state index in [1.54, 1.807) is 0 Å².